The van der Waals surface area contributed by atoms with Gasteiger partial charge < -0.3 is 15.7 Å². The minimum atomic E-state index is -0.973. The largest absolute Gasteiger partial charge is 0.478 e. The minimum absolute atomic E-state index is 0.218. The van der Waals surface area contributed by atoms with Gasteiger partial charge in [0, 0.05) is 22.1 Å². The van der Waals surface area contributed by atoms with Crippen molar-refractivity contribution in [2.45, 2.75) is 6.54 Å². The third-order valence-electron chi connectivity index (χ3n) is 2.73. The van der Waals surface area contributed by atoms with Crippen molar-refractivity contribution in [3.05, 3.63) is 44.6 Å². The monoisotopic (exact) mass is 340 g/mol. The second kappa shape index (κ2) is 5.63. The van der Waals surface area contributed by atoms with Crippen LogP contribution in [-0.4, -0.2) is 18.1 Å². The van der Waals surface area contributed by atoms with Gasteiger partial charge in [0.1, 0.15) is 0 Å². The van der Waals surface area contributed by atoms with Gasteiger partial charge in [-0.2, -0.15) is 0 Å². The van der Waals surface area contributed by atoms with Gasteiger partial charge in [-0.1, -0.05) is 0 Å². The van der Waals surface area contributed by atoms with Gasteiger partial charge in [-0.05, 0) is 45.6 Å². The van der Waals surface area contributed by atoms with E-state index in [1.807, 2.05) is 23.4 Å². The molecule has 6 heteroatoms. The molecule has 19 heavy (non-hydrogen) atoms. The molecule has 0 aliphatic carbocycles. The molecule has 2 aromatic rings. The number of carboxylic acids is 1. The maximum atomic E-state index is 11.3. The summed E-state index contributed by atoms with van der Waals surface area (Å²) in [5.74, 6) is -0.973. The van der Waals surface area contributed by atoms with Crippen LogP contribution in [0.2, 0.25) is 0 Å². The Morgan fingerprint density at radius 1 is 1.47 bits per heavy atom. The number of thiophene rings is 1. The number of aromatic carboxylic acids is 1. The Hall–Kier alpha value is -1.53. The number of carbonyl (C=O) groups is 1. The molecule has 0 bridgehead atoms. The molecule has 0 unspecified atom stereocenters. The van der Waals surface area contributed by atoms with Gasteiger partial charge in [-0.3, -0.25) is 0 Å². The van der Waals surface area contributed by atoms with Crippen LogP contribution in [0.15, 0.2) is 34.1 Å². The lowest BCUT2D eigenvalue weighted by Crippen LogP contribution is -2.19. The summed E-state index contributed by atoms with van der Waals surface area (Å²) in [6.07, 6.45) is 0. The van der Waals surface area contributed by atoms with Crippen molar-refractivity contribution < 1.29 is 9.90 Å². The van der Waals surface area contributed by atoms with E-state index in [1.54, 1.807) is 23.5 Å². The molecule has 0 saturated heterocycles. The molecule has 0 atom stereocenters. The highest BCUT2D eigenvalue weighted by Crippen LogP contribution is 2.28. The van der Waals surface area contributed by atoms with Crippen LogP contribution in [0.3, 0.4) is 0 Å². The number of hydrogen-bond acceptors (Lipinski definition) is 4. The van der Waals surface area contributed by atoms with E-state index in [9.17, 15) is 9.90 Å². The summed E-state index contributed by atoms with van der Waals surface area (Å²) in [4.78, 5) is 14.3. The zero-order chi connectivity index (χ0) is 14.0. The van der Waals surface area contributed by atoms with Crippen LogP contribution in [0.5, 0.6) is 0 Å². The Balaban J connectivity index is 2.31. The number of benzene rings is 1. The normalized spacial score (nSPS) is 10.4. The van der Waals surface area contributed by atoms with E-state index in [0.29, 0.717) is 17.9 Å². The van der Waals surface area contributed by atoms with Gasteiger partial charge in [0.15, 0.2) is 0 Å². The highest BCUT2D eigenvalue weighted by Gasteiger charge is 2.15. The summed E-state index contributed by atoms with van der Waals surface area (Å²) in [7, 11) is 1.87. The number of halogens is 1. The number of nitrogens with zero attached hydrogens (tertiary/aromatic N) is 1. The van der Waals surface area contributed by atoms with Crippen LogP contribution in [0.4, 0.5) is 11.4 Å². The molecule has 0 spiro atoms. The van der Waals surface area contributed by atoms with E-state index >= 15 is 0 Å². The number of carboxylic acid groups (broad SMARTS) is 1. The summed E-state index contributed by atoms with van der Waals surface area (Å²) < 4.78 is 1.04. The average Bonchev–Trinajstić information content (AvgIpc) is 2.74. The topological polar surface area (TPSA) is 66.6 Å². The summed E-state index contributed by atoms with van der Waals surface area (Å²) in [6, 6.07) is 6.91. The SMILES string of the molecule is CN(Cc1sccc1Br)c1ccc(N)cc1C(=O)O. The highest BCUT2D eigenvalue weighted by atomic mass is 79.9. The van der Waals surface area contributed by atoms with E-state index in [2.05, 4.69) is 15.9 Å². The van der Waals surface area contributed by atoms with Gasteiger partial charge in [0.2, 0.25) is 0 Å². The standard InChI is InChI=1S/C13H13BrN2O2S/c1-16(7-12-10(14)4-5-19-12)11-3-2-8(15)6-9(11)13(17)18/h2-6H,7,15H2,1H3,(H,17,18). The molecule has 2 rings (SSSR count). The van der Waals surface area contributed by atoms with Gasteiger partial charge in [-0.15, -0.1) is 11.3 Å². The van der Waals surface area contributed by atoms with Crippen molar-refractivity contribution in [3.63, 3.8) is 0 Å². The highest BCUT2D eigenvalue weighted by molar-refractivity contribution is 9.10. The fourth-order valence-electron chi connectivity index (χ4n) is 1.80. The molecule has 0 saturated carbocycles. The van der Waals surface area contributed by atoms with Crippen LogP contribution < -0.4 is 10.6 Å². The van der Waals surface area contributed by atoms with Gasteiger partial charge >= 0.3 is 5.97 Å². The first-order valence-corrected chi connectivity index (χ1v) is 7.22. The zero-order valence-electron chi connectivity index (χ0n) is 10.3. The molecule has 3 N–H and O–H groups in total. The van der Waals surface area contributed by atoms with Crippen molar-refractivity contribution in [1.29, 1.82) is 0 Å². The predicted molar refractivity (Wildman–Crippen MR) is 81.9 cm³/mol. The van der Waals surface area contributed by atoms with E-state index in [4.69, 9.17) is 5.73 Å². The van der Waals surface area contributed by atoms with Crippen molar-refractivity contribution in [2.24, 2.45) is 0 Å². The molecular weight excluding hydrogens is 328 g/mol. The Kier molecular flexibility index (Phi) is 4.11. The molecule has 0 fully saturated rings. The molecule has 4 nitrogen and oxygen atoms in total. The van der Waals surface area contributed by atoms with Crippen LogP contribution in [0.25, 0.3) is 0 Å². The first-order valence-electron chi connectivity index (χ1n) is 5.55. The van der Waals surface area contributed by atoms with Crippen LogP contribution in [0, 0.1) is 0 Å². The number of hydrogen-bond donors (Lipinski definition) is 2. The van der Waals surface area contributed by atoms with Gasteiger partial charge in [0.25, 0.3) is 0 Å². The summed E-state index contributed by atoms with van der Waals surface area (Å²) in [6.45, 7) is 0.641. The summed E-state index contributed by atoms with van der Waals surface area (Å²) >= 11 is 5.10. The lowest BCUT2D eigenvalue weighted by Gasteiger charge is -2.21. The van der Waals surface area contributed by atoms with Crippen molar-refractivity contribution >= 4 is 44.6 Å². The molecule has 0 aliphatic heterocycles. The van der Waals surface area contributed by atoms with Gasteiger partial charge in [-0.25, -0.2) is 4.79 Å². The smallest absolute Gasteiger partial charge is 0.337 e. The molecule has 0 radical (unpaired) electrons. The molecule has 1 aromatic heterocycles. The van der Waals surface area contributed by atoms with E-state index < -0.39 is 5.97 Å². The Morgan fingerprint density at radius 2 is 2.21 bits per heavy atom. The van der Waals surface area contributed by atoms with Crippen molar-refractivity contribution in [2.75, 3.05) is 17.7 Å². The molecule has 0 aliphatic rings. The van der Waals surface area contributed by atoms with Crippen LogP contribution in [0.1, 0.15) is 15.2 Å². The summed E-state index contributed by atoms with van der Waals surface area (Å²) in [5.41, 5.74) is 6.96. The summed E-state index contributed by atoms with van der Waals surface area (Å²) in [5, 5.41) is 11.2. The maximum Gasteiger partial charge on any atom is 0.337 e. The fourth-order valence-corrected chi connectivity index (χ4v) is 3.33. The second-order valence-electron chi connectivity index (χ2n) is 4.13. The Morgan fingerprint density at radius 3 is 2.79 bits per heavy atom. The molecule has 0 amide bonds. The van der Waals surface area contributed by atoms with E-state index in [0.717, 1.165) is 9.35 Å². The quantitative estimate of drug-likeness (QED) is 0.836. The minimum Gasteiger partial charge on any atom is -0.478 e. The Labute approximate surface area is 123 Å². The molecular formula is C13H13BrN2O2S. The molecule has 100 valence electrons. The third kappa shape index (κ3) is 3.08. The number of rotatable bonds is 4. The predicted octanol–water partition coefficient (Wildman–Crippen LogP) is 3.43. The molecule has 1 heterocycles. The zero-order valence-corrected chi connectivity index (χ0v) is 12.7. The average molecular weight is 341 g/mol. The number of nitrogen functional groups attached to an aromatic ring is 1. The third-order valence-corrected chi connectivity index (χ3v) is 4.65. The second-order valence-corrected chi connectivity index (χ2v) is 5.98. The van der Waals surface area contributed by atoms with Crippen LogP contribution in [-0.2, 0) is 6.54 Å². The first kappa shape index (κ1) is 13.9. The Bertz CT molecular complexity index is 612. The number of anilines is 2. The van der Waals surface area contributed by atoms with Crippen LogP contribution >= 0.6 is 27.3 Å². The number of nitrogens with two attached hydrogens (primary N) is 1. The van der Waals surface area contributed by atoms with E-state index in [1.165, 1.54) is 6.07 Å². The molecule has 1 aromatic carbocycles. The van der Waals surface area contributed by atoms with Crippen molar-refractivity contribution in [3.8, 4) is 0 Å². The first-order chi connectivity index (χ1) is 8.99. The van der Waals surface area contributed by atoms with Gasteiger partial charge in [0.05, 0.1) is 17.8 Å². The van der Waals surface area contributed by atoms with Crippen molar-refractivity contribution in [1.82, 2.24) is 0 Å². The lowest BCUT2D eigenvalue weighted by molar-refractivity contribution is 0.0697. The van der Waals surface area contributed by atoms with E-state index in [-0.39, 0.29) is 5.56 Å². The maximum absolute atomic E-state index is 11.3. The fraction of sp³-hybridized carbons (Fsp3) is 0.154. The lowest BCUT2D eigenvalue weighted by atomic mass is 10.1.